The molecule has 1 aromatic carbocycles. The van der Waals surface area contributed by atoms with Crippen molar-refractivity contribution < 1.29 is 8.42 Å². The molecule has 1 heterocycles. The summed E-state index contributed by atoms with van der Waals surface area (Å²) in [6, 6.07) is 6.59. The normalized spacial score (nSPS) is 11.6. The van der Waals surface area contributed by atoms with Crippen LogP contribution in [0.4, 0.5) is 0 Å². The van der Waals surface area contributed by atoms with Crippen LogP contribution in [0.5, 0.6) is 0 Å². The van der Waals surface area contributed by atoms with Gasteiger partial charge in [-0.3, -0.25) is 4.68 Å². The summed E-state index contributed by atoms with van der Waals surface area (Å²) in [5.41, 5.74) is 1.30. The second-order valence-electron chi connectivity index (χ2n) is 3.44. The Hall–Kier alpha value is -1.66. The van der Waals surface area contributed by atoms with E-state index in [2.05, 4.69) is 5.10 Å². The summed E-state index contributed by atoms with van der Waals surface area (Å²) >= 11 is 0. The van der Waals surface area contributed by atoms with Gasteiger partial charge < -0.3 is 0 Å². The molecule has 0 spiro atoms. The van der Waals surface area contributed by atoms with Crippen LogP contribution in [-0.4, -0.2) is 18.2 Å². The molecule has 0 atom stereocenters. The average molecular weight is 237 g/mol. The number of nitrogens with zero attached hydrogens (tertiary/aromatic N) is 2. The quantitative estimate of drug-likeness (QED) is 0.836. The molecule has 2 N–H and O–H groups in total. The van der Waals surface area contributed by atoms with Gasteiger partial charge in [-0.05, 0) is 6.07 Å². The predicted molar refractivity (Wildman–Crippen MR) is 60.0 cm³/mol. The van der Waals surface area contributed by atoms with E-state index in [9.17, 15) is 8.42 Å². The van der Waals surface area contributed by atoms with E-state index in [1.54, 1.807) is 42.3 Å². The largest absolute Gasteiger partial charge is 0.275 e. The number of nitrogens with two attached hydrogens (primary N) is 1. The monoisotopic (exact) mass is 237 g/mol. The number of aromatic nitrogens is 2. The smallest absolute Gasteiger partial charge is 0.238 e. The minimum absolute atomic E-state index is 0.114. The zero-order valence-corrected chi connectivity index (χ0v) is 9.48. The maximum Gasteiger partial charge on any atom is 0.238 e. The summed E-state index contributed by atoms with van der Waals surface area (Å²) in [7, 11) is -1.94. The number of hydrogen-bond donors (Lipinski definition) is 1. The Morgan fingerprint density at radius 3 is 2.56 bits per heavy atom. The highest BCUT2D eigenvalue weighted by atomic mass is 32.2. The van der Waals surface area contributed by atoms with Gasteiger partial charge in [-0.1, -0.05) is 18.2 Å². The average Bonchev–Trinajstić information content (AvgIpc) is 2.64. The Morgan fingerprint density at radius 2 is 2.00 bits per heavy atom. The molecule has 2 aromatic rings. The third kappa shape index (κ3) is 1.98. The molecule has 0 fully saturated rings. The Morgan fingerprint density at radius 1 is 1.31 bits per heavy atom. The van der Waals surface area contributed by atoms with E-state index in [1.165, 1.54) is 6.07 Å². The van der Waals surface area contributed by atoms with Gasteiger partial charge in [-0.2, -0.15) is 5.10 Å². The third-order valence-corrected chi connectivity index (χ3v) is 3.18. The molecule has 0 aliphatic heterocycles. The molecule has 84 valence electrons. The van der Waals surface area contributed by atoms with Gasteiger partial charge in [0.25, 0.3) is 0 Å². The fourth-order valence-corrected chi connectivity index (χ4v) is 2.27. The van der Waals surface area contributed by atoms with Crippen LogP contribution in [0.15, 0.2) is 41.6 Å². The minimum atomic E-state index is -3.71. The molecule has 0 aliphatic rings. The molecule has 5 nitrogen and oxygen atoms in total. The lowest BCUT2D eigenvalue weighted by molar-refractivity contribution is 0.598. The van der Waals surface area contributed by atoms with Crippen molar-refractivity contribution in [3.63, 3.8) is 0 Å². The van der Waals surface area contributed by atoms with Crippen molar-refractivity contribution in [2.24, 2.45) is 12.2 Å². The molecule has 6 heteroatoms. The molecule has 0 radical (unpaired) electrons. The zero-order chi connectivity index (χ0) is 11.8. The van der Waals surface area contributed by atoms with Crippen molar-refractivity contribution in [1.29, 1.82) is 0 Å². The minimum Gasteiger partial charge on any atom is -0.275 e. The number of sulfonamides is 1. The van der Waals surface area contributed by atoms with Crippen molar-refractivity contribution in [2.45, 2.75) is 4.90 Å². The van der Waals surface area contributed by atoms with Gasteiger partial charge in [0.05, 0.1) is 11.1 Å². The number of hydrogen-bond acceptors (Lipinski definition) is 3. The van der Waals surface area contributed by atoms with E-state index in [1.807, 2.05) is 0 Å². The van der Waals surface area contributed by atoms with E-state index in [0.717, 1.165) is 5.56 Å². The van der Waals surface area contributed by atoms with Crippen LogP contribution in [0.1, 0.15) is 0 Å². The van der Waals surface area contributed by atoms with E-state index in [4.69, 9.17) is 5.14 Å². The van der Waals surface area contributed by atoms with Gasteiger partial charge in [0, 0.05) is 24.4 Å². The number of rotatable bonds is 2. The van der Waals surface area contributed by atoms with Gasteiger partial charge >= 0.3 is 0 Å². The van der Waals surface area contributed by atoms with Crippen molar-refractivity contribution in [1.82, 2.24) is 9.78 Å². The Kier molecular flexibility index (Phi) is 2.53. The van der Waals surface area contributed by atoms with Gasteiger partial charge in [0.15, 0.2) is 0 Å². The highest BCUT2D eigenvalue weighted by Crippen LogP contribution is 2.25. The van der Waals surface area contributed by atoms with Gasteiger partial charge in [-0.15, -0.1) is 0 Å². The Labute approximate surface area is 93.6 Å². The highest BCUT2D eigenvalue weighted by Gasteiger charge is 2.14. The summed E-state index contributed by atoms with van der Waals surface area (Å²) in [6.07, 6.45) is 3.34. The van der Waals surface area contributed by atoms with Crippen LogP contribution in [0.3, 0.4) is 0 Å². The molecule has 0 bridgehead atoms. The van der Waals surface area contributed by atoms with Crippen LogP contribution >= 0.6 is 0 Å². The molecule has 0 saturated heterocycles. The van der Waals surface area contributed by atoms with Crippen LogP contribution in [0, 0.1) is 0 Å². The van der Waals surface area contributed by atoms with E-state index < -0.39 is 10.0 Å². The van der Waals surface area contributed by atoms with Gasteiger partial charge in [0.1, 0.15) is 0 Å². The van der Waals surface area contributed by atoms with Crippen LogP contribution in [0.2, 0.25) is 0 Å². The van der Waals surface area contributed by atoms with Crippen LogP contribution < -0.4 is 5.14 Å². The first-order chi connectivity index (χ1) is 7.48. The number of aryl methyl sites for hydroxylation is 1. The summed E-state index contributed by atoms with van der Waals surface area (Å²) in [5.74, 6) is 0. The summed E-state index contributed by atoms with van der Waals surface area (Å²) in [4.78, 5) is 0.114. The van der Waals surface area contributed by atoms with E-state index in [-0.39, 0.29) is 4.90 Å². The lowest BCUT2D eigenvalue weighted by Crippen LogP contribution is -2.13. The Bertz CT molecular complexity index is 616. The maximum absolute atomic E-state index is 11.4. The lowest BCUT2D eigenvalue weighted by atomic mass is 10.1. The van der Waals surface area contributed by atoms with Crippen LogP contribution in [-0.2, 0) is 17.1 Å². The molecule has 0 unspecified atom stereocenters. The predicted octanol–water partition coefficient (Wildman–Crippen LogP) is 0.735. The lowest BCUT2D eigenvalue weighted by Gasteiger charge is -2.04. The third-order valence-electron chi connectivity index (χ3n) is 2.21. The van der Waals surface area contributed by atoms with E-state index in [0.29, 0.717) is 5.56 Å². The number of benzene rings is 1. The van der Waals surface area contributed by atoms with Gasteiger partial charge in [0.2, 0.25) is 10.0 Å². The first kappa shape index (κ1) is 10.8. The SMILES string of the molecule is Cn1cc(-c2ccccc2S(N)(=O)=O)cn1. The van der Waals surface area contributed by atoms with Crippen molar-refractivity contribution in [3.05, 3.63) is 36.7 Å². The first-order valence-corrected chi connectivity index (χ1v) is 6.14. The fourth-order valence-electron chi connectivity index (χ4n) is 1.51. The molecule has 0 amide bonds. The zero-order valence-electron chi connectivity index (χ0n) is 8.66. The Balaban J connectivity index is 2.66. The fraction of sp³-hybridized carbons (Fsp3) is 0.100. The van der Waals surface area contributed by atoms with Crippen molar-refractivity contribution >= 4 is 10.0 Å². The van der Waals surface area contributed by atoms with Crippen molar-refractivity contribution in [3.8, 4) is 11.1 Å². The standard InChI is InChI=1S/C10H11N3O2S/c1-13-7-8(6-12-13)9-4-2-3-5-10(9)16(11,14)15/h2-7H,1H3,(H2,11,14,15). The summed E-state index contributed by atoms with van der Waals surface area (Å²) < 4.78 is 24.4. The molecule has 0 aliphatic carbocycles. The van der Waals surface area contributed by atoms with Gasteiger partial charge in [-0.25, -0.2) is 13.6 Å². The summed E-state index contributed by atoms with van der Waals surface area (Å²) in [5, 5.41) is 9.14. The van der Waals surface area contributed by atoms with Crippen LogP contribution in [0.25, 0.3) is 11.1 Å². The highest BCUT2D eigenvalue weighted by molar-refractivity contribution is 7.89. The molecule has 1 aromatic heterocycles. The van der Waals surface area contributed by atoms with Crippen molar-refractivity contribution in [2.75, 3.05) is 0 Å². The first-order valence-electron chi connectivity index (χ1n) is 4.59. The second-order valence-corrected chi connectivity index (χ2v) is 4.97. The number of primary sulfonamides is 1. The topological polar surface area (TPSA) is 78.0 Å². The molecular weight excluding hydrogens is 226 g/mol. The summed E-state index contributed by atoms with van der Waals surface area (Å²) in [6.45, 7) is 0. The molecule has 16 heavy (non-hydrogen) atoms. The molecule has 2 rings (SSSR count). The maximum atomic E-state index is 11.4. The van der Waals surface area contributed by atoms with E-state index >= 15 is 0 Å². The molecule has 0 saturated carbocycles. The second kappa shape index (κ2) is 3.73. The molecular formula is C10H11N3O2S.